The van der Waals surface area contributed by atoms with E-state index < -0.39 is 5.60 Å². The summed E-state index contributed by atoms with van der Waals surface area (Å²) in [6.45, 7) is 0.196. The molecule has 25 heavy (non-hydrogen) atoms. The number of amides is 1. The average molecular weight is 336 g/mol. The van der Waals surface area contributed by atoms with E-state index in [0.717, 1.165) is 34.2 Å². The van der Waals surface area contributed by atoms with Gasteiger partial charge in [-0.3, -0.25) is 4.79 Å². The highest BCUT2D eigenvalue weighted by molar-refractivity contribution is 5.98. The second kappa shape index (κ2) is 5.93. The Hall–Kier alpha value is -2.79. The van der Waals surface area contributed by atoms with Gasteiger partial charge in [-0.1, -0.05) is 24.3 Å². The van der Waals surface area contributed by atoms with E-state index in [9.17, 15) is 9.90 Å². The molecule has 5 heteroatoms. The molecule has 1 aliphatic carbocycles. The van der Waals surface area contributed by atoms with E-state index in [0.29, 0.717) is 12.1 Å². The molecule has 0 saturated carbocycles. The molecule has 0 bridgehead atoms. The Morgan fingerprint density at radius 3 is 2.96 bits per heavy atom. The van der Waals surface area contributed by atoms with Crippen molar-refractivity contribution >= 4 is 16.8 Å². The van der Waals surface area contributed by atoms with Crippen LogP contribution in [0.2, 0.25) is 0 Å². The largest absolute Gasteiger partial charge is 0.497 e. The SMILES string of the molecule is COc1ccc2cc(C(=O)NC[C@]3(O)CCc4ccccc43)[nH]c2c1. The first-order chi connectivity index (χ1) is 12.1. The van der Waals surface area contributed by atoms with E-state index >= 15 is 0 Å². The van der Waals surface area contributed by atoms with Crippen LogP contribution in [0.15, 0.2) is 48.5 Å². The summed E-state index contributed by atoms with van der Waals surface area (Å²) < 4.78 is 5.20. The van der Waals surface area contributed by atoms with E-state index in [1.54, 1.807) is 13.2 Å². The Bertz CT molecular complexity index is 947. The van der Waals surface area contributed by atoms with Crippen LogP contribution in [0.3, 0.4) is 0 Å². The Morgan fingerprint density at radius 1 is 1.28 bits per heavy atom. The summed E-state index contributed by atoms with van der Waals surface area (Å²) in [6, 6.07) is 15.3. The lowest BCUT2D eigenvalue weighted by molar-refractivity contribution is 0.0369. The molecular weight excluding hydrogens is 316 g/mol. The summed E-state index contributed by atoms with van der Waals surface area (Å²) in [5.74, 6) is 0.506. The number of aromatic amines is 1. The van der Waals surface area contributed by atoms with Crippen LogP contribution in [-0.4, -0.2) is 29.7 Å². The van der Waals surface area contributed by atoms with Crippen molar-refractivity contribution in [2.45, 2.75) is 18.4 Å². The lowest BCUT2D eigenvalue weighted by Crippen LogP contribution is -2.39. The first-order valence-electron chi connectivity index (χ1n) is 8.35. The Balaban J connectivity index is 1.51. The number of carbonyl (C=O) groups is 1. The number of hydrogen-bond donors (Lipinski definition) is 3. The molecule has 0 saturated heterocycles. The summed E-state index contributed by atoms with van der Waals surface area (Å²) in [6.07, 6.45) is 1.45. The van der Waals surface area contributed by atoms with Gasteiger partial charge < -0.3 is 20.1 Å². The van der Waals surface area contributed by atoms with Crippen LogP contribution in [0, 0.1) is 0 Å². The van der Waals surface area contributed by atoms with Gasteiger partial charge in [-0.25, -0.2) is 0 Å². The molecule has 1 aliphatic rings. The number of carbonyl (C=O) groups excluding carboxylic acids is 1. The molecule has 1 aromatic heterocycles. The maximum Gasteiger partial charge on any atom is 0.267 e. The van der Waals surface area contributed by atoms with Gasteiger partial charge >= 0.3 is 0 Å². The van der Waals surface area contributed by atoms with Gasteiger partial charge in [0.05, 0.1) is 13.7 Å². The van der Waals surface area contributed by atoms with Crippen molar-refractivity contribution in [1.82, 2.24) is 10.3 Å². The smallest absolute Gasteiger partial charge is 0.267 e. The lowest BCUT2D eigenvalue weighted by Gasteiger charge is -2.24. The highest BCUT2D eigenvalue weighted by Gasteiger charge is 2.36. The zero-order chi connectivity index (χ0) is 17.4. The van der Waals surface area contributed by atoms with Crippen molar-refractivity contribution in [3.05, 3.63) is 65.4 Å². The fourth-order valence-electron chi connectivity index (χ4n) is 3.53. The van der Waals surface area contributed by atoms with Crippen LogP contribution >= 0.6 is 0 Å². The number of hydrogen-bond acceptors (Lipinski definition) is 3. The quantitative estimate of drug-likeness (QED) is 0.686. The van der Waals surface area contributed by atoms with Gasteiger partial charge in [0.15, 0.2) is 0 Å². The number of rotatable bonds is 4. The number of H-pyrrole nitrogens is 1. The Labute approximate surface area is 145 Å². The van der Waals surface area contributed by atoms with Crippen LogP contribution in [0.1, 0.15) is 28.0 Å². The minimum Gasteiger partial charge on any atom is -0.497 e. The predicted molar refractivity (Wildman–Crippen MR) is 95.8 cm³/mol. The van der Waals surface area contributed by atoms with Crippen molar-refractivity contribution in [1.29, 1.82) is 0 Å². The zero-order valence-electron chi connectivity index (χ0n) is 14.0. The summed E-state index contributed by atoms with van der Waals surface area (Å²) in [5, 5.41) is 14.7. The maximum atomic E-state index is 12.5. The molecule has 1 amide bonds. The Morgan fingerprint density at radius 2 is 2.12 bits per heavy atom. The van der Waals surface area contributed by atoms with Gasteiger partial charge in [0.1, 0.15) is 17.0 Å². The number of benzene rings is 2. The van der Waals surface area contributed by atoms with E-state index in [1.165, 1.54) is 0 Å². The number of aromatic nitrogens is 1. The van der Waals surface area contributed by atoms with Gasteiger partial charge in [0.2, 0.25) is 0 Å². The molecule has 5 nitrogen and oxygen atoms in total. The number of fused-ring (bicyclic) bond motifs is 2. The highest BCUT2D eigenvalue weighted by Crippen LogP contribution is 2.36. The zero-order valence-corrected chi connectivity index (χ0v) is 14.0. The van der Waals surface area contributed by atoms with Crippen molar-refractivity contribution < 1.29 is 14.6 Å². The van der Waals surface area contributed by atoms with E-state index in [-0.39, 0.29) is 12.5 Å². The molecular formula is C20H20N2O3. The van der Waals surface area contributed by atoms with E-state index in [1.807, 2.05) is 42.5 Å². The second-order valence-electron chi connectivity index (χ2n) is 6.51. The molecule has 0 unspecified atom stereocenters. The Kier molecular flexibility index (Phi) is 3.73. The van der Waals surface area contributed by atoms with Crippen molar-refractivity contribution in [2.75, 3.05) is 13.7 Å². The van der Waals surface area contributed by atoms with Crippen LogP contribution in [0.5, 0.6) is 5.75 Å². The summed E-state index contributed by atoms with van der Waals surface area (Å²) in [7, 11) is 1.61. The normalized spacial score (nSPS) is 19.0. The summed E-state index contributed by atoms with van der Waals surface area (Å²) in [5.41, 5.74) is 2.38. The van der Waals surface area contributed by atoms with Crippen molar-refractivity contribution in [3.8, 4) is 5.75 Å². The van der Waals surface area contributed by atoms with E-state index in [4.69, 9.17) is 4.74 Å². The van der Waals surface area contributed by atoms with E-state index in [2.05, 4.69) is 10.3 Å². The molecule has 128 valence electrons. The number of aryl methyl sites for hydroxylation is 1. The summed E-state index contributed by atoms with van der Waals surface area (Å²) in [4.78, 5) is 15.6. The minimum atomic E-state index is -0.999. The van der Waals surface area contributed by atoms with Gasteiger partial charge in [-0.05, 0) is 42.2 Å². The van der Waals surface area contributed by atoms with Gasteiger partial charge in [-0.2, -0.15) is 0 Å². The third-order valence-electron chi connectivity index (χ3n) is 4.94. The second-order valence-corrected chi connectivity index (χ2v) is 6.51. The molecule has 3 N–H and O–H groups in total. The molecule has 2 aromatic carbocycles. The van der Waals surface area contributed by atoms with Crippen LogP contribution in [0.25, 0.3) is 10.9 Å². The van der Waals surface area contributed by atoms with Crippen LogP contribution in [0.4, 0.5) is 0 Å². The van der Waals surface area contributed by atoms with Crippen LogP contribution in [-0.2, 0) is 12.0 Å². The van der Waals surface area contributed by atoms with Crippen molar-refractivity contribution in [2.24, 2.45) is 0 Å². The van der Waals surface area contributed by atoms with Gasteiger partial charge in [-0.15, -0.1) is 0 Å². The number of aliphatic hydroxyl groups is 1. The van der Waals surface area contributed by atoms with Crippen molar-refractivity contribution in [3.63, 3.8) is 0 Å². The molecule has 3 aromatic rings. The monoisotopic (exact) mass is 336 g/mol. The standard InChI is InChI=1S/C20H20N2O3/c1-25-15-7-6-14-10-18(22-17(14)11-15)19(23)21-12-20(24)9-8-13-4-2-3-5-16(13)20/h2-7,10-11,22,24H,8-9,12H2,1H3,(H,21,23)/t20-/m1/s1. The fraction of sp³-hybridized carbons (Fsp3) is 0.250. The molecule has 1 heterocycles. The number of ether oxygens (including phenoxy) is 1. The maximum absolute atomic E-state index is 12.5. The van der Waals surface area contributed by atoms with Gasteiger partial charge in [0.25, 0.3) is 5.91 Å². The lowest BCUT2D eigenvalue weighted by atomic mass is 9.96. The molecule has 0 radical (unpaired) electrons. The molecule has 4 rings (SSSR count). The first-order valence-corrected chi connectivity index (χ1v) is 8.35. The fourth-order valence-corrected chi connectivity index (χ4v) is 3.53. The molecule has 0 fully saturated rings. The third-order valence-corrected chi connectivity index (χ3v) is 4.94. The van der Waals surface area contributed by atoms with Crippen LogP contribution < -0.4 is 10.1 Å². The third kappa shape index (κ3) is 2.76. The molecule has 0 spiro atoms. The minimum absolute atomic E-state index is 0.196. The van der Waals surface area contributed by atoms with Gasteiger partial charge in [0, 0.05) is 17.0 Å². The number of methoxy groups -OCH3 is 1. The topological polar surface area (TPSA) is 74.3 Å². The predicted octanol–water partition coefficient (Wildman–Crippen LogP) is 2.74. The average Bonchev–Trinajstić information content (AvgIpc) is 3.21. The first kappa shape index (κ1) is 15.7. The number of nitrogens with one attached hydrogen (secondary N) is 2. The summed E-state index contributed by atoms with van der Waals surface area (Å²) >= 11 is 0. The molecule has 1 atom stereocenters. The highest BCUT2D eigenvalue weighted by atomic mass is 16.5. The molecule has 0 aliphatic heterocycles.